The maximum absolute atomic E-state index is 12.5. The van der Waals surface area contributed by atoms with E-state index in [1.165, 1.54) is 30.4 Å². The number of hydrogen-bond donors (Lipinski definition) is 2. The Bertz CT molecular complexity index is 804. The molecule has 2 atom stereocenters. The fourth-order valence-electron chi connectivity index (χ4n) is 4.79. The molecule has 1 aromatic rings. The van der Waals surface area contributed by atoms with Gasteiger partial charge in [-0.1, -0.05) is 42.0 Å². The topological polar surface area (TPSA) is 59.6 Å². The molecule has 5 heteroatoms. The molecule has 0 bridgehead atoms. The molecule has 2 saturated carbocycles. The van der Waals surface area contributed by atoms with E-state index in [4.69, 9.17) is 9.47 Å². The molecule has 2 aliphatic carbocycles. The van der Waals surface area contributed by atoms with Crippen molar-refractivity contribution in [3.8, 4) is 0 Å². The highest BCUT2D eigenvalue weighted by Gasteiger charge is 2.41. The highest BCUT2D eigenvalue weighted by atomic mass is 16.6. The fraction of sp³-hybridized carbons (Fsp3) is 0.690. The van der Waals surface area contributed by atoms with E-state index in [1.54, 1.807) is 7.11 Å². The van der Waals surface area contributed by atoms with Gasteiger partial charge in [0.15, 0.2) is 0 Å². The van der Waals surface area contributed by atoms with Gasteiger partial charge >= 0.3 is 5.97 Å². The van der Waals surface area contributed by atoms with E-state index < -0.39 is 11.0 Å². The number of methoxy groups -OCH3 is 1. The first kappa shape index (κ1) is 26.9. The number of carbonyl (C=O) groups is 1. The van der Waals surface area contributed by atoms with Crippen molar-refractivity contribution in [3.63, 3.8) is 0 Å². The van der Waals surface area contributed by atoms with Crippen molar-refractivity contribution in [1.82, 2.24) is 10.6 Å². The second-order valence-electron chi connectivity index (χ2n) is 11.8. The van der Waals surface area contributed by atoms with Gasteiger partial charge in [0.2, 0.25) is 0 Å². The van der Waals surface area contributed by atoms with Crippen molar-refractivity contribution >= 4 is 12.0 Å². The van der Waals surface area contributed by atoms with Gasteiger partial charge in [0.25, 0.3) is 0 Å². The molecule has 0 unspecified atom stereocenters. The summed E-state index contributed by atoms with van der Waals surface area (Å²) in [6, 6.07) is 12.3. The van der Waals surface area contributed by atoms with Gasteiger partial charge in [-0.15, -0.1) is 0 Å². The molecule has 190 valence electrons. The summed E-state index contributed by atoms with van der Waals surface area (Å²) in [5, 5.41) is 7.58. The van der Waals surface area contributed by atoms with Gasteiger partial charge in [-0.05, 0) is 84.6 Å². The van der Waals surface area contributed by atoms with E-state index in [2.05, 4.69) is 47.0 Å². The van der Waals surface area contributed by atoms with Gasteiger partial charge in [-0.3, -0.25) is 4.79 Å². The minimum absolute atomic E-state index is 0.129. The highest BCUT2D eigenvalue weighted by Crippen LogP contribution is 2.41. The van der Waals surface area contributed by atoms with Crippen molar-refractivity contribution in [1.29, 1.82) is 0 Å². The van der Waals surface area contributed by atoms with Gasteiger partial charge in [-0.2, -0.15) is 0 Å². The minimum atomic E-state index is -0.521. The standard InChI is InChI=1S/C29H46N2O3/c1-28(2,3)34-27(32)29(4,5)20-30-23-12-14-24(15-13-23)31-26-19-25(26)22(16-17-33-6)18-21-10-8-7-9-11-21/h7-11,18,23-26,30-31H,12-17,19-20H2,1-6H3/b22-18+/t23-,24-,25-,26+/m0/s1. The SMILES string of the molecule is COCC/C(=C\c1ccccc1)[C@@H]1C[C@H]1N[C@H]1CC[C@H](NCC(C)(C)C(=O)OC(C)(C)C)CC1. The Hall–Kier alpha value is -1.69. The van der Waals surface area contributed by atoms with Crippen LogP contribution in [0.25, 0.3) is 6.08 Å². The number of nitrogens with one attached hydrogen (secondary N) is 2. The number of esters is 1. The summed E-state index contributed by atoms with van der Waals surface area (Å²) in [5.74, 6) is 0.497. The molecule has 0 aromatic heterocycles. The Morgan fingerprint density at radius 1 is 1.03 bits per heavy atom. The molecule has 2 aliphatic rings. The lowest BCUT2D eigenvalue weighted by atomic mass is 9.88. The average Bonchev–Trinajstić information content (AvgIpc) is 3.54. The normalized spacial score (nSPS) is 25.8. The third-order valence-electron chi connectivity index (χ3n) is 6.97. The molecule has 2 fully saturated rings. The van der Waals surface area contributed by atoms with Crippen LogP contribution in [0, 0.1) is 11.3 Å². The lowest BCUT2D eigenvalue weighted by Crippen LogP contribution is -2.46. The maximum Gasteiger partial charge on any atom is 0.313 e. The zero-order chi connectivity index (χ0) is 24.8. The molecule has 3 rings (SSSR count). The van der Waals surface area contributed by atoms with Crippen molar-refractivity contribution in [2.24, 2.45) is 11.3 Å². The maximum atomic E-state index is 12.5. The first-order valence-corrected chi connectivity index (χ1v) is 13.0. The molecule has 0 heterocycles. The Labute approximate surface area is 207 Å². The molecule has 0 amide bonds. The molecular weight excluding hydrogens is 424 g/mol. The molecule has 0 spiro atoms. The van der Waals surface area contributed by atoms with Crippen LogP contribution >= 0.6 is 0 Å². The smallest absolute Gasteiger partial charge is 0.313 e. The second kappa shape index (κ2) is 11.8. The lowest BCUT2D eigenvalue weighted by molar-refractivity contribution is -0.165. The van der Waals surface area contributed by atoms with Crippen LogP contribution in [0.2, 0.25) is 0 Å². The van der Waals surface area contributed by atoms with Gasteiger partial charge in [0, 0.05) is 38.4 Å². The number of benzene rings is 1. The largest absolute Gasteiger partial charge is 0.460 e. The minimum Gasteiger partial charge on any atom is -0.460 e. The molecule has 34 heavy (non-hydrogen) atoms. The zero-order valence-electron chi connectivity index (χ0n) is 22.2. The molecule has 0 radical (unpaired) electrons. The Balaban J connectivity index is 1.42. The summed E-state index contributed by atoms with van der Waals surface area (Å²) in [5.41, 5.74) is 1.82. The molecule has 0 aliphatic heterocycles. The van der Waals surface area contributed by atoms with Crippen LogP contribution < -0.4 is 10.6 Å². The van der Waals surface area contributed by atoms with E-state index in [0.29, 0.717) is 30.6 Å². The van der Waals surface area contributed by atoms with Crippen molar-refractivity contribution < 1.29 is 14.3 Å². The van der Waals surface area contributed by atoms with Crippen LogP contribution in [-0.4, -0.2) is 50.0 Å². The molecule has 0 saturated heterocycles. The van der Waals surface area contributed by atoms with Crippen LogP contribution in [0.15, 0.2) is 35.9 Å². The first-order chi connectivity index (χ1) is 16.1. The van der Waals surface area contributed by atoms with Crippen LogP contribution in [-0.2, 0) is 14.3 Å². The van der Waals surface area contributed by atoms with Crippen molar-refractivity contribution in [3.05, 3.63) is 41.5 Å². The first-order valence-electron chi connectivity index (χ1n) is 13.0. The van der Waals surface area contributed by atoms with Crippen LogP contribution in [0.1, 0.15) is 78.7 Å². The van der Waals surface area contributed by atoms with Gasteiger partial charge in [0.1, 0.15) is 5.60 Å². The third-order valence-corrected chi connectivity index (χ3v) is 6.97. The van der Waals surface area contributed by atoms with E-state index in [9.17, 15) is 4.79 Å². The number of hydrogen-bond acceptors (Lipinski definition) is 5. The average molecular weight is 471 g/mol. The van der Waals surface area contributed by atoms with Crippen LogP contribution in [0.5, 0.6) is 0 Å². The Morgan fingerprint density at radius 3 is 2.29 bits per heavy atom. The van der Waals surface area contributed by atoms with E-state index in [1.807, 2.05) is 34.6 Å². The highest BCUT2D eigenvalue weighted by molar-refractivity contribution is 5.76. The summed E-state index contributed by atoms with van der Waals surface area (Å²) in [6.45, 7) is 11.1. The number of rotatable bonds is 11. The zero-order valence-corrected chi connectivity index (χ0v) is 22.2. The molecule has 1 aromatic carbocycles. The Kier molecular flexibility index (Phi) is 9.36. The van der Waals surface area contributed by atoms with Gasteiger partial charge in [0.05, 0.1) is 5.41 Å². The summed E-state index contributed by atoms with van der Waals surface area (Å²) >= 11 is 0. The number of ether oxygens (including phenoxy) is 2. The summed E-state index contributed by atoms with van der Waals surface area (Å²) in [7, 11) is 1.78. The summed E-state index contributed by atoms with van der Waals surface area (Å²) in [4.78, 5) is 12.5. The summed E-state index contributed by atoms with van der Waals surface area (Å²) in [6.07, 6.45) is 9.25. The monoisotopic (exact) mass is 470 g/mol. The van der Waals surface area contributed by atoms with Gasteiger partial charge in [-0.25, -0.2) is 0 Å². The second-order valence-corrected chi connectivity index (χ2v) is 11.8. The quantitative estimate of drug-likeness (QED) is 0.427. The fourth-order valence-corrected chi connectivity index (χ4v) is 4.79. The van der Waals surface area contributed by atoms with Crippen LogP contribution in [0.4, 0.5) is 0 Å². The predicted octanol–water partition coefficient (Wildman–Crippen LogP) is 5.35. The lowest BCUT2D eigenvalue weighted by Gasteiger charge is -2.33. The van der Waals surface area contributed by atoms with Crippen molar-refractivity contribution in [2.45, 2.75) is 96.9 Å². The molecular formula is C29H46N2O3. The van der Waals surface area contributed by atoms with Gasteiger partial charge < -0.3 is 20.1 Å². The Morgan fingerprint density at radius 2 is 1.68 bits per heavy atom. The number of carbonyl (C=O) groups excluding carboxylic acids is 1. The van der Waals surface area contributed by atoms with E-state index in [0.717, 1.165) is 25.9 Å². The molecule has 5 nitrogen and oxygen atoms in total. The molecule has 2 N–H and O–H groups in total. The summed E-state index contributed by atoms with van der Waals surface area (Å²) < 4.78 is 11.0. The predicted molar refractivity (Wildman–Crippen MR) is 140 cm³/mol. The van der Waals surface area contributed by atoms with Crippen molar-refractivity contribution in [2.75, 3.05) is 20.3 Å². The third kappa shape index (κ3) is 8.51. The van der Waals surface area contributed by atoms with E-state index in [-0.39, 0.29) is 5.97 Å². The van der Waals surface area contributed by atoms with E-state index >= 15 is 0 Å². The van der Waals surface area contributed by atoms with Crippen LogP contribution in [0.3, 0.4) is 0 Å².